The summed E-state index contributed by atoms with van der Waals surface area (Å²) in [6, 6.07) is 11.9. The summed E-state index contributed by atoms with van der Waals surface area (Å²) in [7, 11) is 0. The molecule has 2 aromatic heterocycles. The lowest BCUT2D eigenvalue weighted by molar-refractivity contribution is 1.11. The van der Waals surface area contributed by atoms with Gasteiger partial charge in [-0.05, 0) is 29.1 Å². The van der Waals surface area contributed by atoms with Gasteiger partial charge >= 0.3 is 0 Å². The predicted octanol–water partition coefficient (Wildman–Crippen LogP) is 3.86. The molecule has 0 aliphatic carbocycles. The van der Waals surface area contributed by atoms with Crippen LogP contribution in [0, 0.1) is 11.3 Å². The van der Waals surface area contributed by atoms with Gasteiger partial charge in [-0.15, -0.1) is 23.1 Å². The minimum absolute atomic E-state index is 0.696. The summed E-state index contributed by atoms with van der Waals surface area (Å²) in [5.41, 5.74) is 1.83. The summed E-state index contributed by atoms with van der Waals surface area (Å²) in [5.74, 6) is 0.803. The number of nitrogens with zero attached hydrogens (tertiary/aromatic N) is 3. The van der Waals surface area contributed by atoms with Crippen LogP contribution in [0.3, 0.4) is 0 Å². The molecule has 3 nitrogen and oxygen atoms in total. The van der Waals surface area contributed by atoms with Crippen LogP contribution in [0.2, 0.25) is 0 Å². The summed E-state index contributed by atoms with van der Waals surface area (Å²) in [6.45, 7) is 0. The van der Waals surface area contributed by atoms with Crippen LogP contribution in [-0.4, -0.2) is 9.97 Å². The Balaban J connectivity index is 1.82. The molecule has 0 radical (unpaired) electrons. The Morgan fingerprint density at radius 2 is 2.21 bits per heavy atom. The number of thioether (sulfide) groups is 1. The first-order valence-corrected chi connectivity index (χ1v) is 7.53. The zero-order valence-electron chi connectivity index (χ0n) is 9.91. The molecule has 0 amide bonds. The minimum Gasteiger partial charge on any atom is -0.229 e. The molecule has 0 bridgehead atoms. The second kappa shape index (κ2) is 5.39. The summed E-state index contributed by atoms with van der Waals surface area (Å²) < 4.78 is 0. The number of benzene rings is 1. The van der Waals surface area contributed by atoms with E-state index in [2.05, 4.69) is 16.0 Å². The standard InChI is InChI=1S/C14H9N3S2/c15-7-10-2-1-3-11(6-10)8-19-14-12-4-5-18-13(12)16-9-17-14/h1-6,9H,8H2. The van der Waals surface area contributed by atoms with Crippen molar-refractivity contribution in [3.63, 3.8) is 0 Å². The number of nitriles is 1. The highest BCUT2D eigenvalue weighted by atomic mass is 32.2. The first-order valence-electron chi connectivity index (χ1n) is 5.67. The Morgan fingerprint density at radius 3 is 3.11 bits per heavy atom. The van der Waals surface area contributed by atoms with Crippen LogP contribution in [0.5, 0.6) is 0 Å². The van der Waals surface area contributed by atoms with E-state index in [1.807, 2.05) is 35.7 Å². The van der Waals surface area contributed by atoms with E-state index in [0.717, 1.165) is 26.6 Å². The number of thiophene rings is 1. The van der Waals surface area contributed by atoms with Gasteiger partial charge in [0.25, 0.3) is 0 Å². The lowest BCUT2D eigenvalue weighted by Crippen LogP contribution is -1.86. The monoisotopic (exact) mass is 283 g/mol. The van der Waals surface area contributed by atoms with E-state index in [1.54, 1.807) is 29.4 Å². The number of aromatic nitrogens is 2. The van der Waals surface area contributed by atoms with Crippen LogP contribution in [-0.2, 0) is 5.75 Å². The molecule has 1 aromatic carbocycles. The topological polar surface area (TPSA) is 49.6 Å². The lowest BCUT2D eigenvalue weighted by atomic mass is 10.2. The van der Waals surface area contributed by atoms with Crippen molar-refractivity contribution in [3.8, 4) is 6.07 Å². The van der Waals surface area contributed by atoms with Gasteiger partial charge in [0, 0.05) is 11.1 Å². The highest BCUT2D eigenvalue weighted by Gasteiger charge is 2.05. The van der Waals surface area contributed by atoms with Crippen LogP contribution in [0.1, 0.15) is 11.1 Å². The molecule has 3 aromatic rings. The Hall–Kier alpha value is -1.90. The Kier molecular flexibility index (Phi) is 3.45. The lowest BCUT2D eigenvalue weighted by Gasteiger charge is -2.02. The highest BCUT2D eigenvalue weighted by Crippen LogP contribution is 2.29. The zero-order chi connectivity index (χ0) is 13.1. The van der Waals surface area contributed by atoms with Crippen LogP contribution in [0.25, 0.3) is 10.2 Å². The van der Waals surface area contributed by atoms with Crippen LogP contribution in [0.4, 0.5) is 0 Å². The molecule has 0 spiro atoms. The second-order valence-electron chi connectivity index (χ2n) is 3.92. The molecule has 92 valence electrons. The molecule has 2 heterocycles. The van der Waals surface area contributed by atoms with Crippen molar-refractivity contribution >= 4 is 33.3 Å². The van der Waals surface area contributed by atoms with Crippen molar-refractivity contribution in [3.05, 3.63) is 53.2 Å². The van der Waals surface area contributed by atoms with E-state index in [4.69, 9.17) is 5.26 Å². The Bertz CT molecular complexity index is 758. The third kappa shape index (κ3) is 2.60. The fourth-order valence-electron chi connectivity index (χ4n) is 1.76. The fraction of sp³-hybridized carbons (Fsp3) is 0.0714. The van der Waals surface area contributed by atoms with Crippen LogP contribution in [0.15, 0.2) is 47.1 Å². The van der Waals surface area contributed by atoms with E-state index in [0.29, 0.717) is 5.56 Å². The third-order valence-corrected chi connectivity index (χ3v) is 4.55. The first kappa shape index (κ1) is 12.2. The van der Waals surface area contributed by atoms with E-state index < -0.39 is 0 Å². The van der Waals surface area contributed by atoms with Gasteiger partial charge in [-0.25, -0.2) is 9.97 Å². The predicted molar refractivity (Wildman–Crippen MR) is 78.1 cm³/mol. The number of hydrogen-bond acceptors (Lipinski definition) is 5. The van der Waals surface area contributed by atoms with Crippen molar-refractivity contribution in [2.75, 3.05) is 0 Å². The maximum atomic E-state index is 8.88. The largest absolute Gasteiger partial charge is 0.229 e. The number of hydrogen-bond donors (Lipinski definition) is 0. The molecule has 0 fully saturated rings. The summed E-state index contributed by atoms with van der Waals surface area (Å²) >= 11 is 3.29. The third-order valence-electron chi connectivity index (χ3n) is 2.66. The van der Waals surface area contributed by atoms with Gasteiger partial charge in [-0.3, -0.25) is 0 Å². The van der Waals surface area contributed by atoms with Crippen molar-refractivity contribution < 1.29 is 0 Å². The van der Waals surface area contributed by atoms with Gasteiger partial charge in [0.2, 0.25) is 0 Å². The molecular weight excluding hydrogens is 274 g/mol. The van der Waals surface area contributed by atoms with Crippen LogP contribution >= 0.6 is 23.1 Å². The summed E-state index contributed by atoms with van der Waals surface area (Å²) in [6.07, 6.45) is 1.60. The highest BCUT2D eigenvalue weighted by molar-refractivity contribution is 7.98. The van der Waals surface area contributed by atoms with E-state index in [9.17, 15) is 0 Å². The number of rotatable bonds is 3. The van der Waals surface area contributed by atoms with Crippen LogP contribution < -0.4 is 0 Å². The Labute approximate surface area is 118 Å². The molecule has 0 atom stereocenters. The van der Waals surface area contributed by atoms with Gasteiger partial charge in [0.05, 0.1) is 11.6 Å². The fourth-order valence-corrected chi connectivity index (χ4v) is 3.49. The quantitative estimate of drug-likeness (QED) is 0.541. The van der Waals surface area contributed by atoms with Crippen molar-refractivity contribution in [2.45, 2.75) is 10.8 Å². The molecule has 0 unspecified atom stereocenters. The molecule has 0 saturated carbocycles. The van der Waals surface area contributed by atoms with Gasteiger partial charge in [0.15, 0.2) is 0 Å². The molecule has 0 N–H and O–H groups in total. The molecule has 3 rings (SSSR count). The molecule has 19 heavy (non-hydrogen) atoms. The SMILES string of the molecule is N#Cc1cccc(CSc2ncnc3sccc23)c1. The molecule has 0 aliphatic rings. The minimum atomic E-state index is 0.696. The summed E-state index contributed by atoms with van der Waals surface area (Å²) in [5, 5.41) is 13.0. The van der Waals surface area contributed by atoms with Crippen molar-refractivity contribution in [1.82, 2.24) is 9.97 Å². The van der Waals surface area contributed by atoms with Gasteiger partial charge in [-0.1, -0.05) is 12.1 Å². The molecule has 5 heteroatoms. The maximum Gasteiger partial charge on any atom is 0.127 e. The normalized spacial score (nSPS) is 10.5. The van der Waals surface area contributed by atoms with Gasteiger partial charge in [-0.2, -0.15) is 5.26 Å². The molecule has 0 aliphatic heterocycles. The van der Waals surface area contributed by atoms with Gasteiger partial charge in [0.1, 0.15) is 16.2 Å². The zero-order valence-corrected chi connectivity index (χ0v) is 11.5. The molecule has 0 saturated heterocycles. The van der Waals surface area contributed by atoms with E-state index in [1.165, 1.54) is 0 Å². The average molecular weight is 283 g/mol. The Morgan fingerprint density at radius 1 is 1.26 bits per heavy atom. The number of fused-ring (bicyclic) bond motifs is 1. The molecular formula is C14H9N3S2. The smallest absolute Gasteiger partial charge is 0.127 e. The average Bonchev–Trinajstić information content (AvgIpc) is 2.94. The second-order valence-corrected chi connectivity index (χ2v) is 5.78. The first-order chi connectivity index (χ1) is 9.36. The van der Waals surface area contributed by atoms with E-state index >= 15 is 0 Å². The van der Waals surface area contributed by atoms with Crippen molar-refractivity contribution in [2.24, 2.45) is 0 Å². The van der Waals surface area contributed by atoms with Gasteiger partial charge < -0.3 is 0 Å². The maximum absolute atomic E-state index is 8.88. The van der Waals surface area contributed by atoms with E-state index in [-0.39, 0.29) is 0 Å². The summed E-state index contributed by atoms with van der Waals surface area (Å²) in [4.78, 5) is 9.58. The van der Waals surface area contributed by atoms with Crippen molar-refractivity contribution in [1.29, 1.82) is 5.26 Å².